The molecule has 212 valence electrons. The molecular formula is C32H27FN4O4S. The van der Waals surface area contributed by atoms with Crippen molar-refractivity contribution in [3.05, 3.63) is 131 Å². The summed E-state index contributed by atoms with van der Waals surface area (Å²) in [4.78, 5) is 39.0. The lowest BCUT2D eigenvalue weighted by Gasteiger charge is -2.24. The Labute approximate surface area is 246 Å². The summed E-state index contributed by atoms with van der Waals surface area (Å²) < 4.78 is 18.5. The molecule has 0 radical (unpaired) electrons. The van der Waals surface area contributed by atoms with Gasteiger partial charge in [-0.15, -0.1) is 11.8 Å². The molecule has 5 rings (SSSR count). The number of carbonyl (C=O) groups is 3. The first kappa shape index (κ1) is 28.6. The Kier molecular flexibility index (Phi) is 9.25. The Morgan fingerprint density at radius 2 is 1.67 bits per heavy atom. The van der Waals surface area contributed by atoms with Crippen molar-refractivity contribution in [2.75, 3.05) is 17.7 Å². The number of halogens is 1. The lowest BCUT2D eigenvalue weighted by molar-refractivity contribution is -0.128. The second-order valence-corrected chi connectivity index (χ2v) is 10.5. The fourth-order valence-electron chi connectivity index (χ4n) is 4.24. The molecule has 8 nitrogen and oxygen atoms in total. The highest BCUT2D eigenvalue weighted by molar-refractivity contribution is 8.00. The summed E-state index contributed by atoms with van der Waals surface area (Å²) in [5.74, 6) is -0.115. The van der Waals surface area contributed by atoms with E-state index in [0.29, 0.717) is 29.3 Å². The Balaban J connectivity index is 1.09. The monoisotopic (exact) mass is 582 g/mol. The van der Waals surface area contributed by atoms with E-state index in [-0.39, 0.29) is 35.5 Å². The van der Waals surface area contributed by atoms with Crippen LogP contribution in [0.25, 0.3) is 0 Å². The SMILES string of the molecule is O=C(COc1ccc(/C=N\NC(=O)c2ccc([C@H]3SCC(=O)N3Cc3ccccc3)cc2)cc1)Nc1ccc(F)cc1. The normalized spacial score (nSPS) is 14.6. The van der Waals surface area contributed by atoms with Crippen LogP contribution in [0.1, 0.15) is 32.4 Å². The average Bonchev–Trinajstić information content (AvgIpc) is 3.38. The predicted molar refractivity (Wildman–Crippen MR) is 161 cm³/mol. The van der Waals surface area contributed by atoms with E-state index in [0.717, 1.165) is 16.7 Å². The van der Waals surface area contributed by atoms with Crippen LogP contribution in [-0.2, 0) is 16.1 Å². The van der Waals surface area contributed by atoms with Crippen LogP contribution in [0, 0.1) is 5.82 Å². The second kappa shape index (κ2) is 13.6. The molecule has 0 bridgehead atoms. The van der Waals surface area contributed by atoms with Gasteiger partial charge in [0.2, 0.25) is 5.91 Å². The van der Waals surface area contributed by atoms with Gasteiger partial charge in [0.15, 0.2) is 6.61 Å². The minimum absolute atomic E-state index is 0.0944. The van der Waals surface area contributed by atoms with Crippen LogP contribution < -0.4 is 15.5 Å². The highest BCUT2D eigenvalue weighted by Gasteiger charge is 2.32. The Bertz CT molecular complexity index is 1560. The molecule has 1 heterocycles. The Hall–Kier alpha value is -4.96. The topological polar surface area (TPSA) is 100 Å². The first-order valence-electron chi connectivity index (χ1n) is 13.1. The van der Waals surface area contributed by atoms with Gasteiger partial charge in [-0.1, -0.05) is 42.5 Å². The number of benzene rings is 4. The summed E-state index contributed by atoms with van der Waals surface area (Å²) in [7, 11) is 0. The predicted octanol–water partition coefficient (Wildman–Crippen LogP) is 5.38. The lowest BCUT2D eigenvalue weighted by Crippen LogP contribution is -2.27. The molecule has 0 unspecified atom stereocenters. The van der Waals surface area contributed by atoms with E-state index in [9.17, 15) is 18.8 Å². The van der Waals surface area contributed by atoms with Crippen molar-refractivity contribution < 1.29 is 23.5 Å². The molecule has 2 N–H and O–H groups in total. The number of nitrogens with zero attached hydrogens (tertiary/aromatic N) is 2. The minimum atomic E-state index is -0.383. The summed E-state index contributed by atoms with van der Waals surface area (Å²) >= 11 is 1.57. The standard InChI is InChI=1S/C32H27FN4O4S/c33-26-12-14-27(15-13-26)35-29(38)20-41-28-16-6-22(7-17-28)18-34-36-31(40)24-8-10-25(11-9-24)32-37(30(39)21-42-32)19-23-4-2-1-3-5-23/h1-18,32H,19-21H2,(H,35,38)(H,36,40)/b34-18-/t32-/m1/s1. The summed E-state index contributed by atoms with van der Waals surface area (Å²) in [6.07, 6.45) is 1.50. The zero-order valence-electron chi connectivity index (χ0n) is 22.4. The minimum Gasteiger partial charge on any atom is -0.484 e. The zero-order chi connectivity index (χ0) is 29.3. The van der Waals surface area contributed by atoms with Gasteiger partial charge in [0.25, 0.3) is 11.8 Å². The molecule has 10 heteroatoms. The van der Waals surface area contributed by atoms with Crippen molar-refractivity contribution in [2.24, 2.45) is 5.10 Å². The summed E-state index contributed by atoms with van der Waals surface area (Å²) in [5.41, 5.74) is 6.19. The first-order chi connectivity index (χ1) is 20.4. The van der Waals surface area contributed by atoms with Crippen LogP contribution in [0.5, 0.6) is 5.75 Å². The molecule has 1 aliphatic rings. The Morgan fingerprint density at radius 1 is 0.952 bits per heavy atom. The van der Waals surface area contributed by atoms with Crippen LogP contribution >= 0.6 is 11.8 Å². The van der Waals surface area contributed by atoms with E-state index in [2.05, 4.69) is 15.8 Å². The lowest BCUT2D eigenvalue weighted by atomic mass is 10.1. The summed E-state index contributed by atoms with van der Waals surface area (Å²) in [6, 6.07) is 29.3. The molecule has 0 spiro atoms. The number of ether oxygens (including phenoxy) is 1. The number of rotatable bonds is 10. The van der Waals surface area contributed by atoms with E-state index in [1.54, 1.807) is 48.2 Å². The molecule has 1 aliphatic heterocycles. The van der Waals surface area contributed by atoms with Gasteiger partial charge in [0.1, 0.15) is 16.9 Å². The van der Waals surface area contributed by atoms with Gasteiger partial charge in [0, 0.05) is 17.8 Å². The van der Waals surface area contributed by atoms with Gasteiger partial charge >= 0.3 is 0 Å². The zero-order valence-corrected chi connectivity index (χ0v) is 23.2. The van der Waals surface area contributed by atoms with Crippen molar-refractivity contribution in [1.29, 1.82) is 0 Å². The van der Waals surface area contributed by atoms with Gasteiger partial charge in [-0.05, 0) is 77.4 Å². The number of hydrazone groups is 1. The van der Waals surface area contributed by atoms with Crippen molar-refractivity contribution in [2.45, 2.75) is 11.9 Å². The maximum absolute atomic E-state index is 13.0. The third-order valence-corrected chi connectivity index (χ3v) is 7.64. The molecular weight excluding hydrogens is 555 g/mol. The molecule has 1 atom stereocenters. The molecule has 4 aromatic carbocycles. The molecule has 0 aliphatic carbocycles. The highest BCUT2D eigenvalue weighted by atomic mass is 32.2. The maximum atomic E-state index is 13.0. The number of thioether (sulfide) groups is 1. The van der Waals surface area contributed by atoms with Crippen LogP contribution in [0.2, 0.25) is 0 Å². The molecule has 4 aromatic rings. The average molecular weight is 583 g/mol. The van der Waals surface area contributed by atoms with Crippen molar-refractivity contribution in [1.82, 2.24) is 10.3 Å². The van der Waals surface area contributed by atoms with Crippen LogP contribution in [0.3, 0.4) is 0 Å². The van der Waals surface area contributed by atoms with Gasteiger partial charge in [0.05, 0.1) is 12.0 Å². The van der Waals surface area contributed by atoms with Gasteiger partial charge in [-0.2, -0.15) is 5.10 Å². The second-order valence-electron chi connectivity index (χ2n) is 9.40. The van der Waals surface area contributed by atoms with Gasteiger partial charge < -0.3 is 15.0 Å². The number of carbonyl (C=O) groups excluding carboxylic acids is 3. The van der Waals surface area contributed by atoms with Crippen molar-refractivity contribution in [3.63, 3.8) is 0 Å². The molecule has 3 amide bonds. The third-order valence-electron chi connectivity index (χ3n) is 6.38. The smallest absolute Gasteiger partial charge is 0.271 e. The molecule has 42 heavy (non-hydrogen) atoms. The van der Waals surface area contributed by atoms with E-state index in [1.165, 1.54) is 30.5 Å². The molecule has 0 saturated carbocycles. The number of amides is 3. The molecule has 1 saturated heterocycles. The van der Waals surface area contributed by atoms with Gasteiger partial charge in [-0.3, -0.25) is 14.4 Å². The Morgan fingerprint density at radius 3 is 2.38 bits per heavy atom. The fraction of sp³-hybridized carbons (Fsp3) is 0.125. The van der Waals surface area contributed by atoms with E-state index >= 15 is 0 Å². The fourth-order valence-corrected chi connectivity index (χ4v) is 5.43. The quantitative estimate of drug-likeness (QED) is 0.193. The summed E-state index contributed by atoms with van der Waals surface area (Å²) in [5, 5.41) is 6.55. The largest absolute Gasteiger partial charge is 0.484 e. The molecule has 1 fully saturated rings. The third kappa shape index (κ3) is 7.61. The highest BCUT2D eigenvalue weighted by Crippen LogP contribution is 2.39. The number of hydrogen-bond donors (Lipinski definition) is 2. The molecule has 0 aromatic heterocycles. The van der Waals surface area contributed by atoms with Crippen molar-refractivity contribution in [3.8, 4) is 5.75 Å². The van der Waals surface area contributed by atoms with Gasteiger partial charge in [-0.25, -0.2) is 9.82 Å². The van der Waals surface area contributed by atoms with Crippen LogP contribution in [0.15, 0.2) is 108 Å². The number of anilines is 1. The first-order valence-corrected chi connectivity index (χ1v) is 14.2. The summed E-state index contributed by atoms with van der Waals surface area (Å²) in [6.45, 7) is 0.328. The van der Waals surface area contributed by atoms with E-state index in [4.69, 9.17) is 4.74 Å². The van der Waals surface area contributed by atoms with E-state index < -0.39 is 0 Å². The maximum Gasteiger partial charge on any atom is 0.271 e. The van der Waals surface area contributed by atoms with Crippen LogP contribution in [-0.4, -0.2) is 41.2 Å². The van der Waals surface area contributed by atoms with E-state index in [1.807, 2.05) is 47.4 Å². The number of hydrogen-bond acceptors (Lipinski definition) is 6. The van der Waals surface area contributed by atoms with Crippen molar-refractivity contribution >= 4 is 41.4 Å². The van der Waals surface area contributed by atoms with Crippen LogP contribution in [0.4, 0.5) is 10.1 Å². The number of nitrogens with one attached hydrogen (secondary N) is 2.